The molecule has 1 aromatic carbocycles. The summed E-state index contributed by atoms with van der Waals surface area (Å²) in [5.41, 5.74) is 0.904. The largest absolute Gasteiger partial charge is 0.417 e. The Balaban J connectivity index is 1.87. The van der Waals surface area contributed by atoms with E-state index in [1.165, 1.54) is 0 Å². The van der Waals surface area contributed by atoms with Crippen LogP contribution in [0.3, 0.4) is 0 Å². The molecule has 1 aliphatic heterocycles. The third-order valence-corrected chi connectivity index (χ3v) is 3.88. The number of nitrogens with one attached hydrogen (secondary N) is 2. The lowest BCUT2D eigenvalue weighted by Gasteiger charge is -2.09. The van der Waals surface area contributed by atoms with Crippen molar-refractivity contribution in [3.63, 3.8) is 0 Å². The summed E-state index contributed by atoms with van der Waals surface area (Å²) in [6.45, 7) is 0. The van der Waals surface area contributed by atoms with E-state index in [1.54, 1.807) is 30.3 Å². The maximum atomic E-state index is 12.7. The van der Waals surface area contributed by atoms with Gasteiger partial charge in [-0.3, -0.25) is 15.1 Å². The highest BCUT2D eigenvalue weighted by atomic mass is 35.5. The molecule has 1 fully saturated rings. The second-order valence-corrected chi connectivity index (χ2v) is 5.96. The van der Waals surface area contributed by atoms with Gasteiger partial charge in [-0.2, -0.15) is 13.2 Å². The normalized spacial score (nSPS) is 16.1. The van der Waals surface area contributed by atoms with Crippen LogP contribution in [0.1, 0.15) is 11.1 Å². The van der Waals surface area contributed by atoms with E-state index >= 15 is 0 Å². The number of benzene rings is 1. The van der Waals surface area contributed by atoms with E-state index in [-0.39, 0.29) is 21.7 Å². The van der Waals surface area contributed by atoms with Crippen molar-refractivity contribution in [1.29, 1.82) is 0 Å². The van der Waals surface area contributed by atoms with Crippen LogP contribution in [0.4, 0.5) is 13.2 Å². The van der Waals surface area contributed by atoms with E-state index in [1.807, 2.05) is 0 Å². The Hall–Kier alpha value is -2.45. The predicted molar refractivity (Wildman–Crippen MR) is 91.5 cm³/mol. The van der Waals surface area contributed by atoms with Crippen LogP contribution in [0.25, 0.3) is 17.3 Å². The van der Waals surface area contributed by atoms with Crippen LogP contribution in [0.2, 0.25) is 5.02 Å². The molecule has 0 aliphatic carbocycles. The van der Waals surface area contributed by atoms with Crippen LogP contribution in [0, 0.1) is 0 Å². The molecule has 0 saturated carbocycles. The number of hydrogen-bond donors (Lipinski definition) is 2. The average Bonchev–Trinajstić information content (AvgIpc) is 2.85. The van der Waals surface area contributed by atoms with Gasteiger partial charge in [-0.15, -0.1) is 0 Å². The van der Waals surface area contributed by atoms with Crippen molar-refractivity contribution >= 4 is 40.9 Å². The first-order valence-electron chi connectivity index (χ1n) is 6.91. The molecule has 2 heterocycles. The minimum Gasteiger partial charge on any atom is -0.328 e. The minimum atomic E-state index is -4.50. The maximum Gasteiger partial charge on any atom is 0.417 e. The first-order valence-corrected chi connectivity index (χ1v) is 7.70. The Labute approximate surface area is 150 Å². The minimum absolute atomic E-state index is 0.0943. The van der Waals surface area contributed by atoms with Gasteiger partial charge in [0, 0.05) is 11.8 Å². The first kappa shape index (κ1) is 17.4. The summed E-state index contributed by atoms with van der Waals surface area (Å²) in [6, 6.07) is 7.52. The molecule has 2 N–H and O–H groups in total. The second-order valence-electron chi connectivity index (χ2n) is 5.14. The van der Waals surface area contributed by atoms with Gasteiger partial charge in [0.1, 0.15) is 5.70 Å². The van der Waals surface area contributed by atoms with Crippen molar-refractivity contribution in [3.8, 4) is 11.3 Å². The lowest BCUT2D eigenvalue weighted by molar-refractivity contribution is -0.137. The van der Waals surface area contributed by atoms with Crippen molar-refractivity contribution in [2.24, 2.45) is 0 Å². The Morgan fingerprint density at radius 1 is 1.16 bits per heavy atom. The molecule has 1 amide bonds. The third kappa shape index (κ3) is 3.80. The fourth-order valence-electron chi connectivity index (χ4n) is 2.19. The fraction of sp³-hybridized carbons (Fsp3) is 0.0625. The highest BCUT2D eigenvalue weighted by molar-refractivity contribution is 7.80. The van der Waals surface area contributed by atoms with Gasteiger partial charge in [0.25, 0.3) is 5.91 Å². The van der Waals surface area contributed by atoms with Crippen molar-refractivity contribution in [1.82, 2.24) is 15.6 Å². The highest BCUT2D eigenvalue weighted by Gasteiger charge is 2.31. The number of pyridine rings is 1. The zero-order chi connectivity index (χ0) is 18.2. The molecule has 2 aromatic rings. The fourth-order valence-corrected chi connectivity index (χ4v) is 2.67. The Morgan fingerprint density at radius 3 is 2.36 bits per heavy atom. The molecule has 1 saturated heterocycles. The summed E-state index contributed by atoms with van der Waals surface area (Å²) in [5, 5.41) is 5.30. The summed E-state index contributed by atoms with van der Waals surface area (Å²) in [7, 11) is 0. The van der Waals surface area contributed by atoms with Gasteiger partial charge in [-0.05, 0) is 29.9 Å². The van der Waals surface area contributed by atoms with Crippen LogP contribution < -0.4 is 10.6 Å². The van der Waals surface area contributed by atoms with E-state index in [0.29, 0.717) is 16.8 Å². The van der Waals surface area contributed by atoms with Crippen LogP contribution in [0.15, 0.2) is 42.2 Å². The topological polar surface area (TPSA) is 54.0 Å². The summed E-state index contributed by atoms with van der Waals surface area (Å²) in [6.07, 6.45) is -2.16. The van der Waals surface area contributed by atoms with Crippen LogP contribution in [0.5, 0.6) is 0 Å². The zero-order valence-electron chi connectivity index (χ0n) is 12.3. The molecular formula is C16H9ClF3N3OS. The molecule has 0 radical (unpaired) electrons. The molecule has 4 nitrogen and oxygen atoms in total. The SMILES string of the molecule is O=C1NC(=S)N/C1=C/c1ccc(-c2ncc(C(F)(F)F)cc2Cl)cc1. The monoisotopic (exact) mass is 383 g/mol. The summed E-state index contributed by atoms with van der Waals surface area (Å²) < 4.78 is 38.0. The van der Waals surface area contributed by atoms with Crippen molar-refractivity contribution in [2.75, 3.05) is 0 Å². The molecule has 1 aliphatic rings. The van der Waals surface area contributed by atoms with Gasteiger partial charge in [0.05, 0.1) is 16.3 Å². The molecule has 0 unspecified atom stereocenters. The zero-order valence-corrected chi connectivity index (χ0v) is 13.9. The van der Waals surface area contributed by atoms with E-state index < -0.39 is 11.7 Å². The smallest absolute Gasteiger partial charge is 0.328 e. The van der Waals surface area contributed by atoms with E-state index in [2.05, 4.69) is 15.6 Å². The Morgan fingerprint density at radius 2 is 1.84 bits per heavy atom. The Kier molecular flexibility index (Phi) is 4.49. The number of hydrogen-bond acceptors (Lipinski definition) is 3. The van der Waals surface area contributed by atoms with Crippen LogP contribution in [-0.2, 0) is 11.0 Å². The number of halogens is 4. The standard InChI is InChI=1S/C16H9ClF3N3OS/c17-11-6-10(16(18,19)20)7-21-13(11)9-3-1-8(2-4-9)5-12-14(24)23-15(25)22-12/h1-7H,(H2,22,23,24,25)/b12-5+. The molecule has 1 aromatic heterocycles. The lowest BCUT2D eigenvalue weighted by Crippen LogP contribution is -2.21. The van der Waals surface area contributed by atoms with Gasteiger partial charge >= 0.3 is 6.18 Å². The molecular weight excluding hydrogens is 375 g/mol. The number of amides is 1. The van der Waals surface area contributed by atoms with Gasteiger partial charge in [0.15, 0.2) is 5.11 Å². The molecule has 0 bridgehead atoms. The highest BCUT2D eigenvalue weighted by Crippen LogP contribution is 2.34. The summed E-state index contributed by atoms with van der Waals surface area (Å²) >= 11 is 10.8. The number of carbonyl (C=O) groups excluding carboxylic acids is 1. The van der Waals surface area contributed by atoms with E-state index in [4.69, 9.17) is 23.8 Å². The van der Waals surface area contributed by atoms with E-state index in [9.17, 15) is 18.0 Å². The van der Waals surface area contributed by atoms with Crippen molar-refractivity contribution in [2.45, 2.75) is 6.18 Å². The molecule has 3 rings (SSSR count). The van der Waals surface area contributed by atoms with Gasteiger partial charge in [-0.25, -0.2) is 0 Å². The predicted octanol–water partition coefficient (Wildman–Crippen LogP) is 3.77. The number of thiocarbonyl (C=S) groups is 1. The Bertz CT molecular complexity index is 894. The van der Waals surface area contributed by atoms with Crippen LogP contribution in [-0.4, -0.2) is 16.0 Å². The maximum absolute atomic E-state index is 12.7. The van der Waals surface area contributed by atoms with Crippen molar-refractivity contribution in [3.05, 3.63) is 58.4 Å². The van der Waals surface area contributed by atoms with E-state index in [0.717, 1.165) is 12.3 Å². The number of carbonyl (C=O) groups is 1. The quantitative estimate of drug-likeness (QED) is 0.612. The van der Waals surface area contributed by atoms with Gasteiger partial charge in [0.2, 0.25) is 0 Å². The summed E-state index contributed by atoms with van der Waals surface area (Å²) in [4.78, 5) is 15.4. The summed E-state index contributed by atoms with van der Waals surface area (Å²) in [5.74, 6) is -0.332. The molecule has 25 heavy (non-hydrogen) atoms. The third-order valence-electron chi connectivity index (χ3n) is 3.38. The molecule has 0 atom stereocenters. The molecule has 128 valence electrons. The van der Waals surface area contributed by atoms with Crippen molar-refractivity contribution < 1.29 is 18.0 Å². The number of nitrogens with zero attached hydrogens (tertiary/aromatic N) is 1. The second kappa shape index (κ2) is 6.45. The number of rotatable bonds is 2. The number of alkyl halides is 3. The molecule has 9 heteroatoms. The first-order chi connectivity index (χ1) is 11.7. The molecule has 0 spiro atoms. The average molecular weight is 384 g/mol. The van der Waals surface area contributed by atoms with Gasteiger partial charge in [-0.1, -0.05) is 35.9 Å². The van der Waals surface area contributed by atoms with Gasteiger partial charge < -0.3 is 5.32 Å². The number of aromatic nitrogens is 1. The lowest BCUT2D eigenvalue weighted by atomic mass is 10.1. The van der Waals surface area contributed by atoms with Crippen LogP contribution >= 0.6 is 23.8 Å².